The Morgan fingerprint density at radius 1 is 1.12 bits per heavy atom. The van der Waals surface area contributed by atoms with Crippen molar-refractivity contribution in [3.05, 3.63) is 65.5 Å². The average Bonchev–Trinajstić information content (AvgIpc) is 2.78. The number of benzene rings is 2. The fourth-order valence-electron chi connectivity index (χ4n) is 3.84. The van der Waals surface area contributed by atoms with Crippen LogP contribution in [0.25, 0.3) is 0 Å². The fraction of sp³-hybridized carbons (Fsp3) is 0.500. The van der Waals surface area contributed by atoms with Gasteiger partial charge in [-0.3, -0.25) is 0 Å². The van der Waals surface area contributed by atoms with E-state index in [1.54, 1.807) is 26.0 Å². The molecule has 3 rings (SSSR count). The molecule has 1 aliphatic rings. The van der Waals surface area contributed by atoms with E-state index in [9.17, 15) is 14.3 Å². The highest BCUT2D eigenvalue weighted by Crippen LogP contribution is 2.19. The van der Waals surface area contributed by atoms with Gasteiger partial charge in [0.2, 0.25) is 0 Å². The van der Waals surface area contributed by atoms with E-state index in [0.29, 0.717) is 31.3 Å². The van der Waals surface area contributed by atoms with E-state index in [1.807, 2.05) is 29.2 Å². The number of ether oxygens (including phenoxy) is 1. The predicted octanol–water partition coefficient (Wildman–Crippen LogP) is 4.03. The van der Waals surface area contributed by atoms with Crippen LogP contribution < -0.4 is 10.1 Å². The Kier molecular flexibility index (Phi) is 8.69. The summed E-state index contributed by atoms with van der Waals surface area (Å²) in [6.07, 6.45) is 2.13. The molecule has 0 aliphatic carbocycles. The Labute approximate surface area is 196 Å². The van der Waals surface area contributed by atoms with Crippen LogP contribution >= 0.6 is 0 Å². The number of rotatable bonds is 9. The number of carbonyl (C=O) groups excluding carboxylic acids is 1. The highest BCUT2D eigenvalue weighted by Gasteiger charge is 2.23. The number of piperidine rings is 1. The Bertz CT molecular complexity index is 873. The quantitative estimate of drug-likeness (QED) is 0.597. The molecule has 2 N–H and O–H groups in total. The van der Waals surface area contributed by atoms with Crippen LogP contribution in [0, 0.1) is 11.7 Å². The first-order valence-electron chi connectivity index (χ1n) is 11.6. The highest BCUT2D eigenvalue weighted by atomic mass is 19.1. The first kappa shape index (κ1) is 25.0. The summed E-state index contributed by atoms with van der Waals surface area (Å²) in [4.78, 5) is 17.2. The summed E-state index contributed by atoms with van der Waals surface area (Å²) in [5, 5.41) is 12.8. The van der Waals surface area contributed by atoms with Crippen LogP contribution in [-0.2, 0) is 13.1 Å². The predicted molar refractivity (Wildman–Crippen MR) is 128 cm³/mol. The monoisotopic (exact) mass is 457 g/mol. The molecule has 7 heteroatoms. The summed E-state index contributed by atoms with van der Waals surface area (Å²) in [5.41, 5.74) is 0.974. The topological polar surface area (TPSA) is 65.0 Å². The molecule has 6 nitrogen and oxygen atoms in total. The van der Waals surface area contributed by atoms with E-state index >= 15 is 0 Å². The number of hydrogen-bond acceptors (Lipinski definition) is 4. The van der Waals surface area contributed by atoms with E-state index in [4.69, 9.17) is 4.74 Å². The van der Waals surface area contributed by atoms with Crippen molar-refractivity contribution in [2.24, 2.45) is 5.92 Å². The van der Waals surface area contributed by atoms with Crippen molar-refractivity contribution in [3.63, 3.8) is 0 Å². The molecule has 1 fully saturated rings. The van der Waals surface area contributed by atoms with Gasteiger partial charge in [0.15, 0.2) is 0 Å². The Morgan fingerprint density at radius 2 is 1.73 bits per heavy atom. The third-order valence-electron chi connectivity index (χ3n) is 5.85. The van der Waals surface area contributed by atoms with E-state index in [2.05, 4.69) is 17.3 Å². The van der Waals surface area contributed by atoms with Gasteiger partial charge < -0.3 is 25.0 Å². The number of hydrogen-bond donors (Lipinski definition) is 2. The van der Waals surface area contributed by atoms with Gasteiger partial charge in [-0.15, -0.1) is 0 Å². The molecule has 0 radical (unpaired) electrons. The second-order valence-electron chi connectivity index (χ2n) is 9.66. The second kappa shape index (κ2) is 11.5. The molecule has 180 valence electrons. The van der Waals surface area contributed by atoms with Crippen LogP contribution in [0.2, 0.25) is 0 Å². The maximum Gasteiger partial charge on any atom is 0.317 e. The molecule has 0 saturated carbocycles. The Morgan fingerprint density at radius 3 is 2.33 bits per heavy atom. The molecule has 2 amide bonds. The summed E-state index contributed by atoms with van der Waals surface area (Å²) in [6, 6.07) is 13.7. The van der Waals surface area contributed by atoms with Gasteiger partial charge in [0.05, 0.1) is 5.60 Å². The SMILES string of the molecule is CN1CCC(CN(Cc2ccc(F)cc2)C(=O)NCc2ccc(OCC(C)(C)O)cc2)CC1. The lowest BCUT2D eigenvalue weighted by Gasteiger charge is -2.33. The summed E-state index contributed by atoms with van der Waals surface area (Å²) in [6.45, 7) is 7.21. The van der Waals surface area contributed by atoms with E-state index in [0.717, 1.165) is 37.1 Å². The molecule has 0 aromatic heterocycles. The maximum atomic E-state index is 13.3. The smallest absolute Gasteiger partial charge is 0.317 e. The number of aliphatic hydroxyl groups is 1. The zero-order valence-electron chi connectivity index (χ0n) is 19.9. The van der Waals surface area contributed by atoms with Crippen molar-refractivity contribution in [1.82, 2.24) is 15.1 Å². The average molecular weight is 458 g/mol. The van der Waals surface area contributed by atoms with E-state index < -0.39 is 5.60 Å². The van der Waals surface area contributed by atoms with Crippen molar-refractivity contribution < 1.29 is 19.0 Å². The van der Waals surface area contributed by atoms with Crippen LogP contribution in [-0.4, -0.2) is 59.8 Å². The third-order valence-corrected chi connectivity index (χ3v) is 5.85. The molecular weight excluding hydrogens is 421 g/mol. The van der Waals surface area contributed by atoms with Gasteiger partial charge in [0, 0.05) is 19.6 Å². The minimum atomic E-state index is -0.894. The molecule has 2 aromatic rings. The van der Waals surface area contributed by atoms with Gasteiger partial charge >= 0.3 is 6.03 Å². The largest absolute Gasteiger partial charge is 0.491 e. The zero-order valence-corrected chi connectivity index (χ0v) is 19.9. The zero-order chi connectivity index (χ0) is 23.8. The number of halogens is 1. The number of urea groups is 1. The van der Waals surface area contributed by atoms with E-state index in [1.165, 1.54) is 12.1 Å². The normalized spacial score (nSPS) is 15.3. The van der Waals surface area contributed by atoms with Gasteiger partial charge in [-0.2, -0.15) is 0 Å². The second-order valence-corrected chi connectivity index (χ2v) is 9.66. The summed E-state index contributed by atoms with van der Waals surface area (Å²) in [7, 11) is 2.13. The van der Waals surface area contributed by atoms with Crippen LogP contribution in [0.4, 0.5) is 9.18 Å². The molecule has 0 unspecified atom stereocenters. The van der Waals surface area contributed by atoms with Crippen LogP contribution in [0.5, 0.6) is 5.75 Å². The minimum absolute atomic E-state index is 0.124. The first-order chi connectivity index (χ1) is 15.7. The maximum absolute atomic E-state index is 13.3. The fourth-order valence-corrected chi connectivity index (χ4v) is 3.84. The number of amides is 2. The molecule has 1 saturated heterocycles. The van der Waals surface area contributed by atoms with Gasteiger partial charge in [-0.05, 0) is 88.1 Å². The lowest BCUT2D eigenvalue weighted by Crippen LogP contribution is -2.43. The molecular formula is C26H36FN3O3. The van der Waals surface area contributed by atoms with Crippen molar-refractivity contribution in [3.8, 4) is 5.75 Å². The Balaban J connectivity index is 1.58. The van der Waals surface area contributed by atoms with Gasteiger partial charge in [-0.1, -0.05) is 24.3 Å². The summed E-state index contributed by atoms with van der Waals surface area (Å²) >= 11 is 0. The van der Waals surface area contributed by atoms with Gasteiger partial charge in [0.25, 0.3) is 0 Å². The van der Waals surface area contributed by atoms with Crippen LogP contribution in [0.15, 0.2) is 48.5 Å². The Hall–Kier alpha value is -2.64. The van der Waals surface area contributed by atoms with Crippen molar-refractivity contribution in [2.45, 2.75) is 45.4 Å². The lowest BCUT2D eigenvalue weighted by atomic mass is 9.96. The molecule has 2 aromatic carbocycles. The molecule has 0 bridgehead atoms. The number of nitrogens with zero attached hydrogens (tertiary/aromatic N) is 2. The third kappa shape index (κ3) is 8.67. The molecule has 1 aliphatic heterocycles. The standard InChI is InChI=1S/C26H36FN3O3/c1-26(2,32)19-33-24-10-6-20(7-11-24)16-28-25(31)30(17-21-4-8-23(27)9-5-21)18-22-12-14-29(3)15-13-22/h4-11,22,32H,12-19H2,1-3H3,(H,28,31). The first-order valence-corrected chi connectivity index (χ1v) is 11.6. The van der Waals surface area contributed by atoms with Crippen molar-refractivity contribution in [2.75, 3.05) is 33.3 Å². The minimum Gasteiger partial charge on any atom is -0.491 e. The van der Waals surface area contributed by atoms with Gasteiger partial charge in [-0.25, -0.2) is 9.18 Å². The number of likely N-dealkylation sites (tertiary alicyclic amines) is 1. The number of carbonyl (C=O) groups is 1. The molecule has 33 heavy (non-hydrogen) atoms. The van der Waals surface area contributed by atoms with Crippen LogP contribution in [0.3, 0.4) is 0 Å². The van der Waals surface area contributed by atoms with E-state index in [-0.39, 0.29) is 18.5 Å². The molecule has 1 heterocycles. The summed E-state index contributed by atoms with van der Waals surface area (Å²) < 4.78 is 18.9. The van der Waals surface area contributed by atoms with Crippen molar-refractivity contribution in [1.29, 1.82) is 0 Å². The van der Waals surface area contributed by atoms with Gasteiger partial charge in [0.1, 0.15) is 18.2 Å². The molecule has 0 spiro atoms. The molecule has 0 atom stereocenters. The van der Waals surface area contributed by atoms with Crippen LogP contribution in [0.1, 0.15) is 37.8 Å². The number of nitrogens with one attached hydrogen (secondary N) is 1. The summed E-state index contributed by atoms with van der Waals surface area (Å²) in [5.74, 6) is 0.854. The lowest BCUT2D eigenvalue weighted by molar-refractivity contribution is 0.0285. The highest BCUT2D eigenvalue weighted by molar-refractivity contribution is 5.74. The van der Waals surface area contributed by atoms with Crippen molar-refractivity contribution >= 4 is 6.03 Å².